The maximum absolute atomic E-state index is 12.4. The first-order valence-corrected chi connectivity index (χ1v) is 6.42. The average molecular weight is 236 g/mol. The van der Waals surface area contributed by atoms with Gasteiger partial charge in [0.25, 0.3) is 0 Å². The SMILES string of the molecule is CC1(O)CCN(C(=O)C2(C#N)CCCC2)CC1. The van der Waals surface area contributed by atoms with Gasteiger partial charge in [-0.2, -0.15) is 5.26 Å². The molecule has 1 aliphatic heterocycles. The van der Waals surface area contributed by atoms with Crippen LogP contribution in [0.3, 0.4) is 0 Å². The molecule has 2 aliphatic rings. The highest BCUT2D eigenvalue weighted by Gasteiger charge is 2.45. The minimum absolute atomic E-state index is 0.00648. The molecule has 1 N–H and O–H groups in total. The van der Waals surface area contributed by atoms with Gasteiger partial charge in [0.15, 0.2) is 0 Å². The van der Waals surface area contributed by atoms with Crippen LogP contribution in [0.2, 0.25) is 0 Å². The Kier molecular flexibility index (Phi) is 3.13. The number of piperidine rings is 1. The third-order valence-electron chi connectivity index (χ3n) is 4.21. The molecule has 0 bridgehead atoms. The summed E-state index contributed by atoms with van der Waals surface area (Å²) in [6.07, 6.45) is 4.58. The van der Waals surface area contributed by atoms with Crippen molar-refractivity contribution in [2.45, 2.75) is 51.0 Å². The predicted octanol–water partition coefficient (Wildman–Crippen LogP) is 1.44. The smallest absolute Gasteiger partial charge is 0.243 e. The van der Waals surface area contributed by atoms with Crippen molar-refractivity contribution in [3.8, 4) is 6.07 Å². The fraction of sp³-hybridized carbons (Fsp3) is 0.846. The first-order valence-electron chi connectivity index (χ1n) is 6.42. The molecule has 0 atom stereocenters. The standard InChI is InChI=1S/C13H20N2O2/c1-12(17)6-8-15(9-7-12)11(16)13(10-14)4-2-3-5-13/h17H,2-9H2,1H3. The lowest BCUT2D eigenvalue weighted by molar-refractivity contribution is -0.142. The topological polar surface area (TPSA) is 64.3 Å². The zero-order chi connectivity index (χ0) is 12.5. The molecule has 0 spiro atoms. The molecule has 2 rings (SSSR count). The molecule has 2 fully saturated rings. The van der Waals surface area contributed by atoms with E-state index in [9.17, 15) is 15.2 Å². The van der Waals surface area contributed by atoms with Gasteiger partial charge in [0.2, 0.25) is 5.91 Å². The molecule has 1 aliphatic carbocycles. The zero-order valence-electron chi connectivity index (χ0n) is 10.4. The number of amides is 1. The minimum Gasteiger partial charge on any atom is -0.390 e. The van der Waals surface area contributed by atoms with Crippen LogP contribution in [0.4, 0.5) is 0 Å². The summed E-state index contributed by atoms with van der Waals surface area (Å²) in [7, 11) is 0. The highest BCUT2D eigenvalue weighted by atomic mass is 16.3. The number of nitriles is 1. The number of nitrogens with zero attached hydrogens (tertiary/aromatic N) is 2. The molecule has 17 heavy (non-hydrogen) atoms. The maximum Gasteiger partial charge on any atom is 0.243 e. The van der Waals surface area contributed by atoms with Gasteiger partial charge in [-0.05, 0) is 32.6 Å². The summed E-state index contributed by atoms with van der Waals surface area (Å²) < 4.78 is 0. The molecule has 0 aromatic heterocycles. The Labute approximate surface area is 102 Å². The number of hydrogen-bond acceptors (Lipinski definition) is 3. The number of aliphatic hydroxyl groups is 1. The second kappa shape index (κ2) is 4.30. The first kappa shape index (κ1) is 12.4. The lowest BCUT2D eigenvalue weighted by Crippen LogP contribution is -2.49. The van der Waals surface area contributed by atoms with Crippen LogP contribution in [0, 0.1) is 16.7 Å². The predicted molar refractivity (Wildman–Crippen MR) is 63.0 cm³/mol. The Morgan fingerprint density at radius 3 is 2.24 bits per heavy atom. The van der Waals surface area contributed by atoms with Crippen LogP contribution >= 0.6 is 0 Å². The van der Waals surface area contributed by atoms with Gasteiger partial charge >= 0.3 is 0 Å². The van der Waals surface area contributed by atoms with Crippen LogP contribution in [-0.4, -0.2) is 34.6 Å². The zero-order valence-corrected chi connectivity index (χ0v) is 10.4. The van der Waals surface area contributed by atoms with Crippen molar-refractivity contribution in [2.24, 2.45) is 5.41 Å². The number of carbonyl (C=O) groups is 1. The largest absolute Gasteiger partial charge is 0.390 e. The van der Waals surface area contributed by atoms with E-state index in [0.717, 1.165) is 12.8 Å². The van der Waals surface area contributed by atoms with E-state index in [0.29, 0.717) is 38.8 Å². The van der Waals surface area contributed by atoms with Gasteiger partial charge < -0.3 is 10.0 Å². The van der Waals surface area contributed by atoms with Gasteiger partial charge in [-0.1, -0.05) is 12.8 Å². The molecule has 1 amide bonds. The monoisotopic (exact) mass is 236 g/mol. The van der Waals surface area contributed by atoms with E-state index in [-0.39, 0.29) is 5.91 Å². The molecule has 94 valence electrons. The van der Waals surface area contributed by atoms with Crippen molar-refractivity contribution in [3.05, 3.63) is 0 Å². The first-order chi connectivity index (χ1) is 7.99. The maximum atomic E-state index is 12.4. The summed E-state index contributed by atoms with van der Waals surface area (Å²) in [5, 5.41) is 19.1. The van der Waals surface area contributed by atoms with Crippen LogP contribution in [0.1, 0.15) is 45.4 Å². The van der Waals surface area contributed by atoms with Gasteiger partial charge in [0, 0.05) is 13.1 Å². The molecular weight excluding hydrogens is 216 g/mol. The Morgan fingerprint density at radius 2 is 1.76 bits per heavy atom. The van der Waals surface area contributed by atoms with E-state index in [1.54, 1.807) is 4.90 Å². The number of carbonyl (C=O) groups excluding carboxylic acids is 1. The summed E-state index contributed by atoms with van der Waals surface area (Å²) >= 11 is 0. The Balaban J connectivity index is 2.04. The van der Waals surface area contributed by atoms with E-state index < -0.39 is 11.0 Å². The summed E-state index contributed by atoms with van der Waals surface area (Å²) in [6.45, 7) is 2.97. The van der Waals surface area contributed by atoms with E-state index >= 15 is 0 Å². The molecule has 0 aromatic rings. The molecule has 1 saturated carbocycles. The Bertz CT molecular complexity index is 341. The van der Waals surface area contributed by atoms with Crippen LogP contribution in [0.25, 0.3) is 0 Å². The Hall–Kier alpha value is -1.08. The fourth-order valence-corrected chi connectivity index (χ4v) is 2.85. The third-order valence-corrected chi connectivity index (χ3v) is 4.21. The molecule has 0 aromatic carbocycles. The summed E-state index contributed by atoms with van der Waals surface area (Å²) in [5.41, 5.74) is -1.41. The molecule has 1 heterocycles. The van der Waals surface area contributed by atoms with Crippen molar-refractivity contribution in [1.29, 1.82) is 5.26 Å². The normalized spacial score (nSPS) is 26.5. The Morgan fingerprint density at radius 1 is 1.24 bits per heavy atom. The highest BCUT2D eigenvalue weighted by molar-refractivity contribution is 5.85. The van der Waals surface area contributed by atoms with E-state index in [4.69, 9.17) is 0 Å². The van der Waals surface area contributed by atoms with Crippen molar-refractivity contribution in [2.75, 3.05) is 13.1 Å². The molecule has 0 radical (unpaired) electrons. The van der Waals surface area contributed by atoms with Crippen LogP contribution < -0.4 is 0 Å². The average Bonchev–Trinajstić information content (AvgIpc) is 2.78. The highest BCUT2D eigenvalue weighted by Crippen LogP contribution is 2.40. The van der Waals surface area contributed by atoms with E-state index in [2.05, 4.69) is 6.07 Å². The van der Waals surface area contributed by atoms with Gasteiger partial charge in [-0.25, -0.2) is 0 Å². The van der Waals surface area contributed by atoms with Gasteiger partial charge in [-0.15, -0.1) is 0 Å². The lowest BCUT2D eigenvalue weighted by atomic mass is 9.84. The fourth-order valence-electron chi connectivity index (χ4n) is 2.85. The van der Waals surface area contributed by atoms with Crippen LogP contribution in [0.15, 0.2) is 0 Å². The number of rotatable bonds is 1. The van der Waals surface area contributed by atoms with Gasteiger partial charge in [0.1, 0.15) is 5.41 Å². The molecule has 4 nitrogen and oxygen atoms in total. The summed E-state index contributed by atoms with van der Waals surface area (Å²) in [4.78, 5) is 14.2. The number of likely N-dealkylation sites (tertiary alicyclic amines) is 1. The van der Waals surface area contributed by atoms with Crippen LogP contribution in [0.5, 0.6) is 0 Å². The molecular formula is C13H20N2O2. The molecule has 1 saturated heterocycles. The van der Waals surface area contributed by atoms with Crippen molar-refractivity contribution in [3.63, 3.8) is 0 Å². The van der Waals surface area contributed by atoms with Crippen molar-refractivity contribution in [1.82, 2.24) is 4.90 Å². The summed E-state index contributed by atoms with van der Waals surface area (Å²) in [5.74, 6) is -0.00648. The van der Waals surface area contributed by atoms with E-state index in [1.807, 2.05) is 6.92 Å². The number of hydrogen-bond donors (Lipinski definition) is 1. The van der Waals surface area contributed by atoms with Crippen LogP contribution in [-0.2, 0) is 4.79 Å². The molecule has 0 unspecified atom stereocenters. The van der Waals surface area contributed by atoms with Crippen molar-refractivity contribution < 1.29 is 9.90 Å². The second-order valence-electron chi connectivity index (χ2n) is 5.69. The molecule has 4 heteroatoms. The lowest BCUT2D eigenvalue weighted by Gasteiger charge is -2.38. The van der Waals surface area contributed by atoms with E-state index in [1.165, 1.54) is 0 Å². The minimum atomic E-state index is -0.761. The van der Waals surface area contributed by atoms with Gasteiger partial charge in [0.05, 0.1) is 11.7 Å². The van der Waals surface area contributed by atoms with Gasteiger partial charge in [-0.3, -0.25) is 4.79 Å². The summed E-state index contributed by atoms with van der Waals surface area (Å²) in [6, 6.07) is 2.24. The van der Waals surface area contributed by atoms with Crippen molar-refractivity contribution >= 4 is 5.91 Å². The second-order valence-corrected chi connectivity index (χ2v) is 5.69. The third kappa shape index (κ3) is 2.30. The quantitative estimate of drug-likeness (QED) is 0.749.